The molecule has 1 rings (SSSR count). The molecule has 0 fully saturated rings. The molecule has 0 aromatic carbocycles. The van der Waals surface area contributed by atoms with Gasteiger partial charge in [-0.2, -0.15) is 16.7 Å². The van der Waals surface area contributed by atoms with Crippen molar-refractivity contribution in [1.82, 2.24) is 9.55 Å². The van der Waals surface area contributed by atoms with E-state index in [1.165, 1.54) is 6.07 Å². The van der Waals surface area contributed by atoms with Crippen molar-refractivity contribution in [2.75, 3.05) is 17.8 Å². The number of aryl methyl sites for hydroxylation is 1. The third-order valence-corrected chi connectivity index (χ3v) is 3.28. The standard InChI is InChI=1S/C9H12N2O3S2/c1-15-5-4-11-3-2-7(12)10-9(11)16-6-8(13)14/h2-3H,4-6H2,1H3,(H,13,14). The van der Waals surface area contributed by atoms with Gasteiger partial charge in [-0.1, -0.05) is 11.8 Å². The monoisotopic (exact) mass is 260 g/mol. The molecule has 1 N–H and O–H groups in total. The maximum absolute atomic E-state index is 11.1. The molecule has 1 aromatic heterocycles. The number of rotatable bonds is 6. The highest BCUT2D eigenvalue weighted by molar-refractivity contribution is 7.99. The van der Waals surface area contributed by atoms with E-state index in [4.69, 9.17) is 5.11 Å². The van der Waals surface area contributed by atoms with E-state index in [9.17, 15) is 9.59 Å². The zero-order valence-electron chi connectivity index (χ0n) is 8.75. The van der Waals surface area contributed by atoms with Crippen LogP contribution in [0.25, 0.3) is 0 Å². The molecule has 1 heterocycles. The molecule has 5 nitrogen and oxygen atoms in total. The zero-order chi connectivity index (χ0) is 12.0. The molecule has 88 valence electrons. The summed E-state index contributed by atoms with van der Waals surface area (Å²) in [5.74, 6) is -0.111. The van der Waals surface area contributed by atoms with E-state index in [2.05, 4.69) is 4.98 Å². The molecule has 0 radical (unpaired) electrons. The SMILES string of the molecule is CSCCn1ccc(=O)nc1SCC(=O)O. The lowest BCUT2D eigenvalue weighted by molar-refractivity contribution is -0.133. The summed E-state index contributed by atoms with van der Waals surface area (Å²) in [4.78, 5) is 25.3. The van der Waals surface area contributed by atoms with Crippen LogP contribution in [0, 0.1) is 0 Å². The fourth-order valence-corrected chi connectivity index (χ4v) is 2.12. The number of aliphatic carboxylic acids is 1. The molecule has 1 aromatic rings. The van der Waals surface area contributed by atoms with Crippen molar-refractivity contribution in [3.63, 3.8) is 0 Å². The maximum atomic E-state index is 11.1. The van der Waals surface area contributed by atoms with Crippen molar-refractivity contribution in [2.45, 2.75) is 11.7 Å². The van der Waals surface area contributed by atoms with E-state index in [0.29, 0.717) is 5.16 Å². The van der Waals surface area contributed by atoms with Crippen LogP contribution in [0.4, 0.5) is 0 Å². The van der Waals surface area contributed by atoms with Crippen molar-refractivity contribution >= 4 is 29.5 Å². The number of carbonyl (C=O) groups is 1. The van der Waals surface area contributed by atoms with Crippen LogP contribution in [0.3, 0.4) is 0 Å². The minimum absolute atomic E-state index is 0.0876. The van der Waals surface area contributed by atoms with E-state index in [1.807, 2.05) is 6.26 Å². The fourth-order valence-electron chi connectivity index (χ4n) is 1.01. The number of thioether (sulfide) groups is 2. The van der Waals surface area contributed by atoms with Crippen molar-refractivity contribution in [3.05, 3.63) is 22.6 Å². The van der Waals surface area contributed by atoms with Crippen molar-refractivity contribution in [2.24, 2.45) is 0 Å². The van der Waals surface area contributed by atoms with Gasteiger partial charge in [0, 0.05) is 24.6 Å². The largest absolute Gasteiger partial charge is 0.481 e. The van der Waals surface area contributed by atoms with Gasteiger partial charge in [-0.15, -0.1) is 0 Å². The third kappa shape index (κ3) is 4.28. The lowest BCUT2D eigenvalue weighted by atomic mass is 10.6. The number of carboxylic acids is 1. The lowest BCUT2D eigenvalue weighted by Crippen LogP contribution is -2.15. The molecule has 0 aliphatic heterocycles. The number of aromatic nitrogens is 2. The number of carboxylic acid groups (broad SMARTS) is 1. The smallest absolute Gasteiger partial charge is 0.313 e. The van der Waals surface area contributed by atoms with Crippen LogP contribution in [-0.2, 0) is 11.3 Å². The van der Waals surface area contributed by atoms with Crippen molar-refractivity contribution in [1.29, 1.82) is 0 Å². The highest BCUT2D eigenvalue weighted by Gasteiger charge is 2.06. The van der Waals surface area contributed by atoms with Gasteiger partial charge in [-0.05, 0) is 6.26 Å². The molecule has 0 bridgehead atoms. The van der Waals surface area contributed by atoms with Crippen LogP contribution in [0.1, 0.15) is 0 Å². The summed E-state index contributed by atoms with van der Waals surface area (Å²) in [6, 6.07) is 1.38. The Morgan fingerprint density at radius 1 is 1.62 bits per heavy atom. The quantitative estimate of drug-likeness (QED) is 0.602. The van der Waals surface area contributed by atoms with E-state index in [1.54, 1.807) is 22.5 Å². The fraction of sp³-hybridized carbons (Fsp3) is 0.444. The second-order valence-electron chi connectivity index (χ2n) is 2.92. The normalized spacial score (nSPS) is 10.3. The summed E-state index contributed by atoms with van der Waals surface area (Å²) in [6.07, 6.45) is 3.63. The Kier molecular flexibility index (Phi) is 5.41. The van der Waals surface area contributed by atoms with Crippen molar-refractivity contribution in [3.8, 4) is 0 Å². The first-order chi connectivity index (χ1) is 7.63. The minimum atomic E-state index is -0.917. The van der Waals surface area contributed by atoms with Crippen LogP contribution >= 0.6 is 23.5 Å². The first kappa shape index (κ1) is 13.1. The highest BCUT2D eigenvalue weighted by atomic mass is 32.2. The number of nitrogens with zero attached hydrogens (tertiary/aromatic N) is 2. The molecule has 0 saturated carbocycles. The van der Waals surface area contributed by atoms with Crippen LogP contribution in [0.2, 0.25) is 0 Å². The van der Waals surface area contributed by atoms with Gasteiger partial charge in [0.2, 0.25) is 0 Å². The van der Waals surface area contributed by atoms with Crippen molar-refractivity contribution < 1.29 is 9.90 Å². The van der Waals surface area contributed by atoms with Crippen LogP contribution in [0.15, 0.2) is 22.2 Å². The van der Waals surface area contributed by atoms with Crippen LogP contribution in [0.5, 0.6) is 0 Å². The first-order valence-corrected chi connectivity index (χ1v) is 6.92. The molecular weight excluding hydrogens is 248 g/mol. The highest BCUT2D eigenvalue weighted by Crippen LogP contribution is 2.13. The molecule has 16 heavy (non-hydrogen) atoms. The molecule has 0 aliphatic carbocycles. The summed E-state index contributed by atoms with van der Waals surface area (Å²) in [5.41, 5.74) is -0.340. The lowest BCUT2D eigenvalue weighted by Gasteiger charge is -2.09. The van der Waals surface area contributed by atoms with Gasteiger partial charge in [0.1, 0.15) is 0 Å². The molecule has 0 unspecified atom stereocenters. The summed E-state index contributed by atoms with van der Waals surface area (Å²) in [5, 5.41) is 9.03. The Morgan fingerprint density at radius 3 is 3.00 bits per heavy atom. The Bertz CT molecular complexity index is 419. The molecule has 0 spiro atoms. The average molecular weight is 260 g/mol. The van der Waals surface area contributed by atoms with Crippen LogP contribution in [-0.4, -0.2) is 38.4 Å². The first-order valence-electron chi connectivity index (χ1n) is 4.54. The Hall–Kier alpha value is -0.950. The second-order valence-corrected chi connectivity index (χ2v) is 4.85. The number of hydrogen-bond donors (Lipinski definition) is 1. The van der Waals surface area contributed by atoms with Gasteiger partial charge < -0.3 is 9.67 Å². The summed E-state index contributed by atoms with van der Waals surface area (Å²) < 4.78 is 1.80. The number of hydrogen-bond acceptors (Lipinski definition) is 5. The van der Waals surface area contributed by atoms with E-state index >= 15 is 0 Å². The predicted octanol–water partition coefficient (Wildman–Crippen LogP) is 0.783. The van der Waals surface area contributed by atoms with E-state index in [0.717, 1.165) is 24.1 Å². The van der Waals surface area contributed by atoms with Gasteiger partial charge in [0.15, 0.2) is 5.16 Å². The average Bonchev–Trinajstić information content (AvgIpc) is 2.25. The zero-order valence-corrected chi connectivity index (χ0v) is 10.4. The molecule has 0 amide bonds. The van der Waals surface area contributed by atoms with Crippen LogP contribution < -0.4 is 5.56 Å². The van der Waals surface area contributed by atoms with Gasteiger partial charge >= 0.3 is 5.97 Å². The molecule has 0 aliphatic rings. The molecule has 0 atom stereocenters. The topological polar surface area (TPSA) is 72.2 Å². The molecular formula is C9H12N2O3S2. The molecule has 0 saturated heterocycles. The van der Waals surface area contributed by atoms with E-state index in [-0.39, 0.29) is 11.3 Å². The Balaban J connectivity index is 2.80. The summed E-state index contributed by atoms with van der Waals surface area (Å²) in [7, 11) is 0. The third-order valence-electron chi connectivity index (χ3n) is 1.71. The Morgan fingerprint density at radius 2 is 2.38 bits per heavy atom. The van der Waals surface area contributed by atoms with Gasteiger partial charge in [-0.3, -0.25) is 9.59 Å². The summed E-state index contributed by atoms with van der Waals surface area (Å²) in [6.45, 7) is 0.719. The van der Waals surface area contributed by atoms with Gasteiger partial charge in [-0.25, -0.2) is 0 Å². The predicted molar refractivity (Wildman–Crippen MR) is 65.2 cm³/mol. The minimum Gasteiger partial charge on any atom is -0.481 e. The van der Waals surface area contributed by atoms with E-state index < -0.39 is 5.97 Å². The van der Waals surface area contributed by atoms with Gasteiger partial charge in [0.05, 0.1) is 5.75 Å². The summed E-state index contributed by atoms with van der Waals surface area (Å²) >= 11 is 2.74. The Labute approximate surface area is 101 Å². The van der Waals surface area contributed by atoms with Gasteiger partial charge in [0.25, 0.3) is 5.56 Å². The maximum Gasteiger partial charge on any atom is 0.313 e. The molecule has 7 heteroatoms. The second kappa shape index (κ2) is 6.59.